The maximum Gasteiger partial charge on any atom is 0.171 e. The van der Waals surface area contributed by atoms with E-state index in [1.165, 1.54) is 0 Å². The van der Waals surface area contributed by atoms with Crippen LogP contribution in [0.4, 0.5) is 0 Å². The molecule has 2 rings (SSSR count). The summed E-state index contributed by atoms with van der Waals surface area (Å²) in [5.74, 6) is 0. The molecule has 17 heavy (non-hydrogen) atoms. The van der Waals surface area contributed by atoms with E-state index in [0.717, 1.165) is 19.7 Å². The predicted molar refractivity (Wildman–Crippen MR) is 61.9 cm³/mol. The van der Waals surface area contributed by atoms with E-state index >= 15 is 0 Å². The van der Waals surface area contributed by atoms with Crippen molar-refractivity contribution in [1.29, 1.82) is 0 Å². The topological polar surface area (TPSA) is 60.2 Å². The van der Waals surface area contributed by atoms with Crippen molar-refractivity contribution >= 4 is 6.29 Å². The molecule has 1 saturated heterocycles. The van der Waals surface area contributed by atoms with Gasteiger partial charge in [-0.15, -0.1) is 5.10 Å². The minimum Gasteiger partial charge on any atom is -0.374 e. The highest BCUT2D eigenvalue weighted by Crippen LogP contribution is 2.10. The molecule has 1 atom stereocenters. The van der Waals surface area contributed by atoms with E-state index in [1.807, 2.05) is 0 Å². The van der Waals surface area contributed by atoms with Gasteiger partial charge in [0, 0.05) is 19.1 Å². The van der Waals surface area contributed by atoms with E-state index in [9.17, 15) is 4.79 Å². The van der Waals surface area contributed by atoms with Crippen molar-refractivity contribution in [1.82, 2.24) is 19.9 Å². The van der Waals surface area contributed by atoms with Crippen molar-refractivity contribution in [3.05, 3.63) is 11.9 Å². The third kappa shape index (κ3) is 3.10. The average Bonchev–Trinajstić information content (AvgIpc) is 2.77. The number of nitrogens with zero attached hydrogens (tertiary/aromatic N) is 4. The highest BCUT2D eigenvalue weighted by atomic mass is 16.5. The molecule has 0 saturated carbocycles. The first kappa shape index (κ1) is 12.2. The summed E-state index contributed by atoms with van der Waals surface area (Å²) < 4.78 is 7.35. The summed E-state index contributed by atoms with van der Waals surface area (Å²) in [6, 6.07) is 0.530. The van der Waals surface area contributed by atoms with E-state index in [0.29, 0.717) is 24.6 Å². The molecule has 0 aromatic carbocycles. The Kier molecular flexibility index (Phi) is 3.86. The van der Waals surface area contributed by atoms with Crippen LogP contribution in [0.5, 0.6) is 0 Å². The molecule has 1 aliphatic rings. The quantitative estimate of drug-likeness (QED) is 0.701. The zero-order valence-corrected chi connectivity index (χ0v) is 10.2. The number of ether oxygens (including phenoxy) is 1. The molecule has 0 bridgehead atoms. The normalized spacial score (nSPS) is 21.9. The lowest BCUT2D eigenvalue weighted by Gasteiger charge is -2.35. The Morgan fingerprint density at radius 1 is 1.65 bits per heavy atom. The lowest BCUT2D eigenvalue weighted by atomic mass is 10.2. The molecule has 1 aromatic rings. The number of carbonyl (C=O) groups is 1. The fraction of sp³-hybridized carbons (Fsp3) is 0.727. The fourth-order valence-corrected chi connectivity index (χ4v) is 1.99. The second kappa shape index (κ2) is 5.37. The minimum atomic E-state index is 0.118. The first-order chi connectivity index (χ1) is 8.19. The van der Waals surface area contributed by atoms with Crippen LogP contribution in [0.15, 0.2) is 6.20 Å². The van der Waals surface area contributed by atoms with Crippen molar-refractivity contribution in [2.45, 2.75) is 32.5 Å². The van der Waals surface area contributed by atoms with E-state index in [4.69, 9.17) is 4.74 Å². The highest BCUT2D eigenvalue weighted by Gasteiger charge is 2.22. The van der Waals surface area contributed by atoms with Gasteiger partial charge in [0.05, 0.1) is 25.5 Å². The third-order valence-corrected chi connectivity index (χ3v) is 2.97. The van der Waals surface area contributed by atoms with E-state index in [2.05, 4.69) is 29.1 Å². The first-order valence-electron chi connectivity index (χ1n) is 5.90. The summed E-state index contributed by atoms with van der Waals surface area (Å²) in [4.78, 5) is 12.9. The monoisotopic (exact) mass is 238 g/mol. The lowest BCUT2D eigenvalue weighted by Crippen LogP contribution is -2.47. The molecule has 1 unspecified atom stereocenters. The molecule has 2 heterocycles. The number of aldehydes is 1. The summed E-state index contributed by atoms with van der Waals surface area (Å²) in [6.07, 6.45) is 2.46. The van der Waals surface area contributed by atoms with Gasteiger partial charge in [-0.1, -0.05) is 5.21 Å². The molecule has 6 nitrogen and oxygen atoms in total. The van der Waals surface area contributed by atoms with Crippen molar-refractivity contribution in [3.63, 3.8) is 0 Å². The zero-order valence-electron chi connectivity index (χ0n) is 10.2. The van der Waals surface area contributed by atoms with Crippen molar-refractivity contribution < 1.29 is 9.53 Å². The Labute approximate surface area is 101 Å². The van der Waals surface area contributed by atoms with Gasteiger partial charge in [-0.2, -0.15) is 0 Å². The van der Waals surface area contributed by atoms with Crippen LogP contribution in [0, 0.1) is 0 Å². The summed E-state index contributed by atoms with van der Waals surface area (Å²) in [7, 11) is 0. The first-order valence-corrected chi connectivity index (χ1v) is 5.90. The van der Waals surface area contributed by atoms with Crippen LogP contribution in [-0.2, 0) is 11.3 Å². The number of morpholine rings is 1. The molecule has 1 aliphatic heterocycles. The fourth-order valence-electron chi connectivity index (χ4n) is 1.99. The van der Waals surface area contributed by atoms with Gasteiger partial charge in [0.25, 0.3) is 0 Å². The van der Waals surface area contributed by atoms with E-state index < -0.39 is 0 Å². The van der Waals surface area contributed by atoms with Crippen molar-refractivity contribution in [2.24, 2.45) is 0 Å². The van der Waals surface area contributed by atoms with Crippen LogP contribution in [0.25, 0.3) is 0 Å². The van der Waals surface area contributed by atoms with Crippen molar-refractivity contribution in [3.8, 4) is 0 Å². The molecular weight excluding hydrogens is 220 g/mol. The Morgan fingerprint density at radius 3 is 3.12 bits per heavy atom. The van der Waals surface area contributed by atoms with Crippen LogP contribution in [0.1, 0.15) is 24.3 Å². The standard InChI is InChI=1S/C11H18N4O2/c1-9(2)14-3-4-17-11(6-14)7-15-5-10(8-16)12-13-15/h5,8-9,11H,3-4,6-7H2,1-2H3. The van der Waals surface area contributed by atoms with Gasteiger partial charge in [0.15, 0.2) is 6.29 Å². The molecule has 94 valence electrons. The van der Waals surface area contributed by atoms with Crippen molar-refractivity contribution in [2.75, 3.05) is 19.7 Å². The van der Waals surface area contributed by atoms with Crippen LogP contribution in [0.2, 0.25) is 0 Å². The average molecular weight is 238 g/mol. The number of carbonyl (C=O) groups excluding carboxylic acids is 1. The van der Waals surface area contributed by atoms with Gasteiger partial charge < -0.3 is 4.74 Å². The van der Waals surface area contributed by atoms with Gasteiger partial charge >= 0.3 is 0 Å². The molecule has 0 N–H and O–H groups in total. The maximum atomic E-state index is 10.5. The molecule has 0 amide bonds. The summed E-state index contributed by atoms with van der Waals surface area (Å²) >= 11 is 0. The summed E-state index contributed by atoms with van der Waals surface area (Å²) in [5.41, 5.74) is 0.363. The smallest absolute Gasteiger partial charge is 0.171 e. The largest absolute Gasteiger partial charge is 0.374 e. The summed E-state index contributed by atoms with van der Waals surface area (Å²) in [5, 5.41) is 7.62. The van der Waals surface area contributed by atoms with Gasteiger partial charge in [-0.05, 0) is 13.8 Å². The molecule has 0 aliphatic carbocycles. The van der Waals surface area contributed by atoms with Crippen LogP contribution in [-0.4, -0.2) is 58.0 Å². The SMILES string of the molecule is CC(C)N1CCOC(Cn2cc(C=O)nn2)C1. The predicted octanol–water partition coefficient (Wildman–Crippen LogP) is 0.200. The van der Waals surface area contributed by atoms with Gasteiger partial charge in [0.1, 0.15) is 5.69 Å². The minimum absolute atomic E-state index is 0.118. The molecule has 0 radical (unpaired) electrons. The van der Waals surface area contributed by atoms with Crippen LogP contribution in [0.3, 0.4) is 0 Å². The second-order valence-corrected chi connectivity index (χ2v) is 4.56. The molecule has 1 fully saturated rings. The van der Waals surface area contributed by atoms with Crippen LogP contribution >= 0.6 is 0 Å². The number of aromatic nitrogens is 3. The van der Waals surface area contributed by atoms with Gasteiger partial charge in [0.2, 0.25) is 0 Å². The van der Waals surface area contributed by atoms with Gasteiger partial charge in [-0.3, -0.25) is 9.69 Å². The molecule has 6 heteroatoms. The zero-order chi connectivity index (χ0) is 12.3. The lowest BCUT2D eigenvalue weighted by molar-refractivity contribution is -0.0471. The molecular formula is C11H18N4O2. The number of hydrogen-bond acceptors (Lipinski definition) is 5. The Morgan fingerprint density at radius 2 is 2.47 bits per heavy atom. The Hall–Kier alpha value is -1.27. The number of rotatable bonds is 4. The second-order valence-electron chi connectivity index (χ2n) is 4.56. The Bertz CT molecular complexity index is 377. The van der Waals surface area contributed by atoms with E-state index in [-0.39, 0.29) is 6.10 Å². The van der Waals surface area contributed by atoms with Crippen LogP contribution < -0.4 is 0 Å². The molecule has 0 spiro atoms. The maximum absolute atomic E-state index is 10.5. The summed E-state index contributed by atoms with van der Waals surface area (Å²) in [6.45, 7) is 7.63. The highest BCUT2D eigenvalue weighted by molar-refractivity contribution is 5.70. The molecule has 1 aromatic heterocycles. The van der Waals surface area contributed by atoms with Gasteiger partial charge in [-0.25, -0.2) is 4.68 Å². The Balaban J connectivity index is 1.92. The van der Waals surface area contributed by atoms with E-state index in [1.54, 1.807) is 10.9 Å². The third-order valence-electron chi connectivity index (χ3n) is 2.97. The number of hydrogen-bond donors (Lipinski definition) is 0.